The third-order valence-corrected chi connectivity index (χ3v) is 1.30. The zero-order chi connectivity index (χ0) is 8.10. The van der Waals surface area contributed by atoms with Gasteiger partial charge in [-0.05, 0) is 36.5 Å². The Balaban J connectivity index is 2.91. The summed E-state index contributed by atoms with van der Waals surface area (Å²) >= 11 is 4.44. The van der Waals surface area contributed by atoms with Crippen molar-refractivity contribution in [2.24, 2.45) is 10.8 Å². The fourth-order valence-corrected chi connectivity index (χ4v) is 0.790. The van der Waals surface area contributed by atoms with Crippen LogP contribution in [0.3, 0.4) is 0 Å². The summed E-state index contributed by atoms with van der Waals surface area (Å²) in [5.41, 5.74) is 4.13. The minimum absolute atomic E-state index is 0.777. The number of nitrogen functional groups attached to an aromatic ring is 1. The summed E-state index contributed by atoms with van der Waals surface area (Å²) in [7, 11) is 0. The van der Waals surface area contributed by atoms with Gasteiger partial charge in [-0.1, -0.05) is 0 Å². The zero-order valence-electron chi connectivity index (χ0n) is 5.74. The zero-order valence-corrected chi connectivity index (χ0v) is 6.56. The van der Waals surface area contributed by atoms with Crippen molar-refractivity contribution in [3.63, 3.8) is 0 Å². The predicted octanol–water partition coefficient (Wildman–Crippen LogP) is 1.71. The van der Waals surface area contributed by atoms with Crippen molar-refractivity contribution < 1.29 is 0 Å². The first kappa shape index (κ1) is 7.88. The largest absolute Gasteiger partial charge is 0.324 e. The van der Waals surface area contributed by atoms with Gasteiger partial charge in [0.15, 0.2) is 0 Å². The SMILES string of the molecule is NNc1ccc(N=C=S)cc1. The molecule has 0 saturated heterocycles. The Hall–Kier alpha value is -1.22. The predicted molar refractivity (Wildman–Crippen MR) is 48.9 cm³/mol. The molecule has 0 aliphatic heterocycles. The Kier molecular flexibility index (Phi) is 2.74. The maximum Gasteiger partial charge on any atom is 0.0741 e. The van der Waals surface area contributed by atoms with E-state index in [2.05, 4.69) is 27.8 Å². The third-order valence-electron chi connectivity index (χ3n) is 1.21. The molecule has 0 aliphatic rings. The summed E-state index contributed by atoms with van der Waals surface area (Å²) in [4.78, 5) is 3.78. The normalized spacial score (nSPS) is 8.45. The van der Waals surface area contributed by atoms with Crippen LogP contribution < -0.4 is 11.3 Å². The Morgan fingerprint density at radius 3 is 2.45 bits per heavy atom. The summed E-state index contributed by atoms with van der Waals surface area (Å²) < 4.78 is 0. The lowest BCUT2D eigenvalue weighted by Gasteiger charge is -1.97. The fourth-order valence-electron chi connectivity index (χ4n) is 0.685. The smallest absolute Gasteiger partial charge is 0.0741 e. The number of nitrogens with one attached hydrogen (secondary N) is 1. The highest BCUT2D eigenvalue weighted by Crippen LogP contribution is 2.14. The van der Waals surface area contributed by atoms with E-state index in [-0.39, 0.29) is 0 Å². The molecule has 11 heavy (non-hydrogen) atoms. The molecule has 0 aromatic heterocycles. The van der Waals surface area contributed by atoms with Crippen LogP contribution in [0.15, 0.2) is 29.3 Å². The number of nitrogens with two attached hydrogens (primary N) is 1. The monoisotopic (exact) mass is 165 g/mol. The molecule has 1 rings (SSSR count). The van der Waals surface area contributed by atoms with Crippen LogP contribution in [0.5, 0.6) is 0 Å². The van der Waals surface area contributed by atoms with Crippen molar-refractivity contribution in [3.8, 4) is 0 Å². The Morgan fingerprint density at radius 2 is 2.00 bits per heavy atom. The number of anilines is 1. The number of benzene rings is 1. The fraction of sp³-hybridized carbons (Fsp3) is 0. The molecule has 0 unspecified atom stereocenters. The first-order chi connectivity index (χ1) is 5.36. The molecule has 0 amide bonds. The van der Waals surface area contributed by atoms with Gasteiger partial charge in [0.2, 0.25) is 0 Å². The van der Waals surface area contributed by atoms with Crippen LogP contribution >= 0.6 is 12.2 Å². The molecular formula is C7H7N3S. The summed E-state index contributed by atoms with van der Waals surface area (Å²) in [6, 6.07) is 7.22. The summed E-state index contributed by atoms with van der Waals surface area (Å²) in [5, 5.41) is 2.28. The van der Waals surface area contributed by atoms with E-state index >= 15 is 0 Å². The maximum absolute atomic E-state index is 5.16. The second kappa shape index (κ2) is 3.83. The van der Waals surface area contributed by atoms with Crippen molar-refractivity contribution in [1.29, 1.82) is 0 Å². The minimum Gasteiger partial charge on any atom is -0.324 e. The molecule has 0 radical (unpaired) electrons. The Bertz CT molecular complexity index is 274. The molecule has 3 N–H and O–H groups in total. The molecule has 56 valence electrons. The molecule has 1 aromatic rings. The molecular weight excluding hydrogens is 158 g/mol. The number of hydrogen-bond acceptors (Lipinski definition) is 4. The van der Waals surface area contributed by atoms with Gasteiger partial charge < -0.3 is 5.43 Å². The summed E-state index contributed by atoms with van der Waals surface area (Å²) in [6.07, 6.45) is 0. The van der Waals surface area contributed by atoms with Crippen molar-refractivity contribution in [3.05, 3.63) is 24.3 Å². The number of isothiocyanates is 1. The van der Waals surface area contributed by atoms with Crippen LogP contribution in [0, 0.1) is 0 Å². The van der Waals surface area contributed by atoms with E-state index in [0.29, 0.717) is 0 Å². The summed E-state index contributed by atoms with van der Waals surface area (Å²) in [5.74, 6) is 5.16. The van der Waals surface area contributed by atoms with Gasteiger partial charge in [-0.3, -0.25) is 5.84 Å². The van der Waals surface area contributed by atoms with Crippen molar-refractivity contribution in [2.45, 2.75) is 0 Å². The average Bonchev–Trinajstić information content (AvgIpc) is 2.07. The lowest BCUT2D eigenvalue weighted by atomic mass is 10.3. The maximum atomic E-state index is 5.16. The molecule has 0 saturated carbocycles. The number of thiocarbonyl (C=S) groups is 1. The number of rotatable bonds is 2. The van der Waals surface area contributed by atoms with Gasteiger partial charge in [0.05, 0.1) is 10.8 Å². The van der Waals surface area contributed by atoms with Gasteiger partial charge >= 0.3 is 0 Å². The second-order valence-corrected chi connectivity index (χ2v) is 2.08. The standard InChI is InChI=1S/C7H7N3S/c8-10-7-3-1-6(2-4-7)9-5-11/h1-4,10H,8H2. The van der Waals surface area contributed by atoms with Crippen molar-refractivity contribution in [2.75, 3.05) is 5.43 Å². The molecule has 3 nitrogen and oxygen atoms in total. The van der Waals surface area contributed by atoms with E-state index in [0.717, 1.165) is 11.4 Å². The second-order valence-electron chi connectivity index (χ2n) is 1.89. The number of hydrazine groups is 1. The van der Waals surface area contributed by atoms with Crippen LogP contribution in [-0.2, 0) is 0 Å². The first-order valence-electron chi connectivity index (χ1n) is 3.01. The van der Waals surface area contributed by atoms with Gasteiger partial charge in [-0.15, -0.1) is 0 Å². The Labute approximate surface area is 69.9 Å². The number of hydrogen-bond donors (Lipinski definition) is 2. The average molecular weight is 165 g/mol. The molecule has 1 aromatic carbocycles. The van der Waals surface area contributed by atoms with Crippen LogP contribution in [0.4, 0.5) is 11.4 Å². The highest BCUT2D eigenvalue weighted by molar-refractivity contribution is 7.78. The lowest BCUT2D eigenvalue weighted by molar-refractivity contribution is 1.35. The van der Waals surface area contributed by atoms with E-state index < -0.39 is 0 Å². The molecule has 0 atom stereocenters. The van der Waals surface area contributed by atoms with Gasteiger partial charge in [0.1, 0.15) is 0 Å². The van der Waals surface area contributed by atoms with E-state index in [1.165, 1.54) is 0 Å². The van der Waals surface area contributed by atoms with Crippen LogP contribution in [0.1, 0.15) is 0 Å². The molecule has 0 fully saturated rings. The first-order valence-corrected chi connectivity index (χ1v) is 3.42. The van der Waals surface area contributed by atoms with Crippen molar-refractivity contribution >= 4 is 28.8 Å². The van der Waals surface area contributed by atoms with Gasteiger partial charge in [0, 0.05) is 5.69 Å². The van der Waals surface area contributed by atoms with Gasteiger partial charge in [-0.25, -0.2) is 0 Å². The van der Waals surface area contributed by atoms with E-state index in [1.54, 1.807) is 12.1 Å². The van der Waals surface area contributed by atoms with Crippen LogP contribution in [0.25, 0.3) is 0 Å². The van der Waals surface area contributed by atoms with Crippen molar-refractivity contribution in [1.82, 2.24) is 0 Å². The molecule has 0 bridgehead atoms. The minimum atomic E-state index is 0.777. The van der Waals surface area contributed by atoms with Crippen LogP contribution in [-0.4, -0.2) is 5.16 Å². The van der Waals surface area contributed by atoms with Gasteiger partial charge in [0.25, 0.3) is 0 Å². The topological polar surface area (TPSA) is 50.4 Å². The van der Waals surface area contributed by atoms with E-state index in [1.807, 2.05) is 12.1 Å². The number of aliphatic imine (C=N–C) groups is 1. The molecule has 4 heteroatoms. The highest BCUT2D eigenvalue weighted by Gasteiger charge is 1.87. The molecule has 0 spiro atoms. The highest BCUT2D eigenvalue weighted by atomic mass is 32.1. The summed E-state index contributed by atoms with van der Waals surface area (Å²) in [6.45, 7) is 0. The Morgan fingerprint density at radius 1 is 1.36 bits per heavy atom. The quantitative estimate of drug-likeness (QED) is 0.303. The van der Waals surface area contributed by atoms with Crippen LogP contribution in [0.2, 0.25) is 0 Å². The third kappa shape index (κ3) is 2.13. The lowest BCUT2D eigenvalue weighted by Crippen LogP contribution is -2.05. The number of nitrogens with zero attached hydrogens (tertiary/aromatic N) is 1. The van der Waals surface area contributed by atoms with Gasteiger partial charge in [-0.2, -0.15) is 4.99 Å². The van der Waals surface area contributed by atoms with E-state index in [4.69, 9.17) is 5.84 Å². The molecule has 0 aliphatic carbocycles. The molecule has 0 heterocycles. The van der Waals surface area contributed by atoms with E-state index in [9.17, 15) is 0 Å².